The predicted octanol–water partition coefficient (Wildman–Crippen LogP) is 0.799. The lowest BCUT2D eigenvalue weighted by atomic mass is 9.97. The first kappa shape index (κ1) is 16.5. The number of primary amides is 1. The van der Waals surface area contributed by atoms with E-state index in [1.165, 1.54) is 0 Å². The van der Waals surface area contributed by atoms with Crippen molar-refractivity contribution in [2.45, 2.75) is 25.7 Å². The van der Waals surface area contributed by atoms with Crippen molar-refractivity contribution in [1.82, 2.24) is 9.80 Å². The molecule has 1 aromatic rings. The van der Waals surface area contributed by atoms with E-state index in [0.717, 1.165) is 31.4 Å². The van der Waals surface area contributed by atoms with Crippen LogP contribution in [0.25, 0.3) is 0 Å². The standard InChI is InChI=1S/C18H23N3O3/c19-18(24)15-4-1-3-13(10-15)9-14-6-8-21(11-14)17(23)12-20-7-2-5-16(20)22/h1,3-4,10,14H,2,5-9,11-12H2,(H2,19,24). The van der Waals surface area contributed by atoms with Gasteiger partial charge in [0.2, 0.25) is 17.7 Å². The number of carbonyl (C=O) groups excluding carboxylic acids is 3. The van der Waals surface area contributed by atoms with E-state index in [4.69, 9.17) is 5.73 Å². The number of carbonyl (C=O) groups is 3. The molecule has 0 spiro atoms. The van der Waals surface area contributed by atoms with E-state index in [1.807, 2.05) is 23.1 Å². The Bertz CT molecular complexity index is 659. The van der Waals surface area contributed by atoms with Gasteiger partial charge in [-0.25, -0.2) is 0 Å². The Morgan fingerprint density at radius 2 is 2.08 bits per heavy atom. The minimum Gasteiger partial charge on any atom is -0.366 e. The van der Waals surface area contributed by atoms with Crippen molar-refractivity contribution in [3.63, 3.8) is 0 Å². The van der Waals surface area contributed by atoms with Crippen LogP contribution in [0.4, 0.5) is 0 Å². The molecule has 2 heterocycles. The summed E-state index contributed by atoms with van der Waals surface area (Å²) < 4.78 is 0. The van der Waals surface area contributed by atoms with E-state index < -0.39 is 5.91 Å². The monoisotopic (exact) mass is 329 g/mol. The summed E-state index contributed by atoms with van der Waals surface area (Å²) in [6.07, 6.45) is 3.19. The minimum absolute atomic E-state index is 0.0404. The van der Waals surface area contributed by atoms with E-state index in [1.54, 1.807) is 11.0 Å². The average Bonchev–Trinajstić information content (AvgIpc) is 3.17. The molecule has 0 aromatic heterocycles. The van der Waals surface area contributed by atoms with Gasteiger partial charge in [-0.15, -0.1) is 0 Å². The van der Waals surface area contributed by atoms with Gasteiger partial charge in [-0.2, -0.15) is 0 Å². The molecule has 1 atom stereocenters. The maximum absolute atomic E-state index is 12.4. The quantitative estimate of drug-likeness (QED) is 0.867. The number of likely N-dealkylation sites (tertiary alicyclic amines) is 2. The normalized spacial score (nSPS) is 20.7. The van der Waals surface area contributed by atoms with Crippen LogP contribution in [0.3, 0.4) is 0 Å². The number of nitrogens with zero attached hydrogens (tertiary/aromatic N) is 2. The molecule has 1 unspecified atom stereocenters. The lowest BCUT2D eigenvalue weighted by Crippen LogP contribution is -2.39. The van der Waals surface area contributed by atoms with Crippen molar-refractivity contribution < 1.29 is 14.4 Å². The first-order chi connectivity index (χ1) is 11.5. The summed E-state index contributed by atoms with van der Waals surface area (Å²) in [4.78, 5) is 38.8. The van der Waals surface area contributed by atoms with Gasteiger partial charge in [-0.05, 0) is 42.9 Å². The molecule has 2 N–H and O–H groups in total. The molecule has 0 radical (unpaired) electrons. The van der Waals surface area contributed by atoms with Gasteiger partial charge in [-0.1, -0.05) is 12.1 Å². The lowest BCUT2D eigenvalue weighted by Gasteiger charge is -2.21. The summed E-state index contributed by atoms with van der Waals surface area (Å²) in [5.41, 5.74) is 6.91. The number of amides is 3. The number of hydrogen-bond donors (Lipinski definition) is 1. The second-order valence-electron chi connectivity index (χ2n) is 6.68. The second-order valence-corrected chi connectivity index (χ2v) is 6.68. The van der Waals surface area contributed by atoms with Gasteiger partial charge >= 0.3 is 0 Å². The van der Waals surface area contributed by atoms with Gasteiger partial charge in [0.25, 0.3) is 0 Å². The summed E-state index contributed by atoms with van der Waals surface area (Å²) in [6.45, 7) is 2.35. The third-order valence-electron chi connectivity index (χ3n) is 4.87. The Labute approximate surface area is 141 Å². The van der Waals surface area contributed by atoms with Crippen LogP contribution in [0.2, 0.25) is 0 Å². The molecular weight excluding hydrogens is 306 g/mol. The molecule has 3 amide bonds. The first-order valence-corrected chi connectivity index (χ1v) is 8.47. The smallest absolute Gasteiger partial charge is 0.248 e. The summed E-state index contributed by atoms with van der Waals surface area (Å²) in [5, 5.41) is 0. The summed E-state index contributed by atoms with van der Waals surface area (Å²) in [7, 11) is 0. The number of benzene rings is 1. The molecule has 0 bridgehead atoms. The van der Waals surface area contributed by atoms with E-state index in [0.29, 0.717) is 31.0 Å². The van der Waals surface area contributed by atoms with E-state index >= 15 is 0 Å². The Kier molecular flexibility index (Phi) is 4.83. The van der Waals surface area contributed by atoms with Crippen LogP contribution in [-0.2, 0) is 16.0 Å². The molecule has 0 aliphatic carbocycles. The molecule has 128 valence electrons. The number of rotatable bonds is 5. The summed E-state index contributed by atoms with van der Waals surface area (Å²) >= 11 is 0. The topological polar surface area (TPSA) is 83.7 Å². The van der Waals surface area contributed by atoms with Crippen molar-refractivity contribution in [2.75, 3.05) is 26.2 Å². The van der Waals surface area contributed by atoms with E-state index in [9.17, 15) is 14.4 Å². The van der Waals surface area contributed by atoms with Gasteiger partial charge in [0, 0.05) is 31.6 Å². The summed E-state index contributed by atoms with van der Waals surface area (Å²) in [6, 6.07) is 7.37. The van der Waals surface area contributed by atoms with Crippen molar-refractivity contribution in [2.24, 2.45) is 11.7 Å². The zero-order valence-electron chi connectivity index (χ0n) is 13.7. The fourth-order valence-corrected chi connectivity index (χ4v) is 3.55. The van der Waals surface area contributed by atoms with Crippen LogP contribution in [0.1, 0.15) is 35.2 Å². The van der Waals surface area contributed by atoms with Crippen molar-refractivity contribution in [3.05, 3.63) is 35.4 Å². The van der Waals surface area contributed by atoms with Crippen LogP contribution in [0, 0.1) is 5.92 Å². The Hall–Kier alpha value is -2.37. The zero-order valence-corrected chi connectivity index (χ0v) is 13.7. The van der Waals surface area contributed by atoms with Crippen molar-refractivity contribution >= 4 is 17.7 Å². The van der Waals surface area contributed by atoms with E-state index in [2.05, 4.69) is 0 Å². The Morgan fingerprint density at radius 1 is 1.25 bits per heavy atom. The lowest BCUT2D eigenvalue weighted by molar-refractivity contribution is -0.137. The highest BCUT2D eigenvalue weighted by molar-refractivity contribution is 5.92. The second kappa shape index (κ2) is 7.03. The first-order valence-electron chi connectivity index (χ1n) is 8.47. The van der Waals surface area contributed by atoms with E-state index in [-0.39, 0.29) is 18.4 Å². The Morgan fingerprint density at radius 3 is 2.79 bits per heavy atom. The molecule has 1 aromatic carbocycles. The molecule has 0 saturated carbocycles. The molecule has 2 fully saturated rings. The average molecular weight is 329 g/mol. The molecule has 2 saturated heterocycles. The SMILES string of the molecule is NC(=O)c1cccc(CC2CCN(C(=O)CN3CCCC3=O)C2)c1. The summed E-state index contributed by atoms with van der Waals surface area (Å²) in [5.74, 6) is 0.0858. The van der Waals surface area contributed by atoms with Crippen LogP contribution < -0.4 is 5.73 Å². The maximum Gasteiger partial charge on any atom is 0.248 e. The molecule has 2 aliphatic rings. The third kappa shape index (κ3) is 3.75. The minimum atomic E-state index is -0.421. The van der Waals surface area contributed by atoms with Gasteiger partial charge in [0.15, 0.2) is 0 Å². The van der Waals surface area contributed by atoms with Crippen molar-refractivity contribution in [1.29, 1.82) is 0 Å². The maximum atomic E-state index is 12.4. The molecule has 3 rings (SSSR count). The number of hydrogen-bond acceptors (Lipinski definition) is 3. The molecular formula is C18H23N3O3. The molecule has 6 heteroatoms. The van der Waals surface area contributed by atoms with Crippen LogP contribution in [-0.4, -0.2) is 53.7 Å². The number of nitrogens with two attached hydrogens (primary N) is 1. The van der Waals surface area contributed by atoms with Gasteiger partial charge in [-0.3, -0.25) is 14.4 Å². The predicted molar refractivity (Wildman–Crippen MR) is 89.2 cm³/mol. The third-order valence-corrected chi connectivity index (χ3v) is 4.87. The molecule has 2 aliphatic heterocycles. The fraction of sp³-hybridized carbons (Fsp3) is 0.500. The van der Waals surface area contributed by atoms with Gasteiger partial charge < -0.3 is 15.5 Å². The van der Waals surface area contributed by atoms with Crippen LogP contribution in [0.15, 0.2) is 24.3 Å². The van der Waals surface area contributed by atoms with Gasteiger partial charge in [0.1, 0.15) is 0 Å². The Balaban J connectivity index is 1.53. The highest BCUT2D eigenvalue weighted by atomic mass is 16.2. The van der Waals surface area contributed by atoms with Crippen LogP contribution >= 0.6 is 0 Å². The largest absolute Gasteiger partial charge is 0.366 e. The van der Waals surface area contributed by atoms with Crippen LogP contribution in [0.5, 0.6) is 0 Å². The molecule has 24 heavy (non-hydrogen) atoms. The van der Waals surface area contributed by atoms with Gasteiger partial charge in [0.05, 0.1) is 6.54 Å². The highest BCUT2D eigenvalue weighted by Gasteiger charge is 2.29. The highest BCUT2D eigenvalue weighted by Crippen LogP contribution is 2.22. The molecule has 6 nitrogen and oxygen atoms in total. The zero-order chi connectivity index (χ0) is 17.1. The fourth-order valence-electron chi connectivity index (χ4n) is 3.55. The van der Waals surface area contributed by atoms with Crippen molar-refractivity contribution in [3.8, 4) is 0 Å².